The average molecular weight is 304 g/mol. The number of nitrogens with zero attached hydrogens (tertiary/aromatic N) is 2. The minimum absolute atomic E-state index is 0.0677. The Labute approximate surface area is 124 Å². The normalized spacial score (nSPS) is 11.6. The van der Waals surface area contributed by atoms with Crippen molar-refractivity contribution < 1.29 is 17.9 Å². The summed E-state index contributed by atoms with van der Waals surface area (Å²) in [6, 6.07) is 12.0. The van der Waals surface area contributed by atoms with E-state index in [9.17, 15) is 13.2 Å². The van der Waals surface area contributed by atoms with Crippen molar-refractivity contribution in [3.05, 3.63) is 59.8 Å². The molecule has 0 saturated heterocycles. The van der Waals surface area contributed by atoms with Gasteiger partial charge in [0.1, 0.15) is 5.75 Å². The van der Waals surface area contributed by atoms with Gasteiger partial charge in [-0.05, 0) is 31.2 Å². The molecule has 22 heavy (non-hydrogen) atoms. The number of hydrogen-bond acceptors (Lipinski definition) is 3. The first-order valence-corrected chi connectivity index (χ1v) is 6.52. The van der Waals surface area contributed by atoms with Gasteiger partial charge in [0.15, 0.2) is 0 Å². The second-order valence-electron chi connectivity index (χ2n) is 4.76. The molecule has 0 N–H and O–H groups in total. The van der Waals surface area contributed by atoms with Gasteiger partial charge < -0.3 is 4.74 Å². The number of hydrogen-bond donors (Lipinski definition) is 0. The van der Waals surface area contributed by atoms with Crippen LogP contribution < -0.4 is 4.74 Å². The summed E-state index contributed by atoms with van der Waals surface area (Å²) in [5.74, 6) is 0.249. The number of rotatable bonds is 2. The molecule has 2 aromatic carbocycles. The minimum Gasteiger partial charge on any atom is -0.437 e. The molecule has 1 aromatic heterocycles. The third kappa shape index (κ3) is 2.72. The number of benzene rings is 2. The molecule has 0 spiro atoms. The lowest BCUT2D eigenvalue weighted by Gasteiger charge is -2.11. The van der Waals surface area contributed by atoms with Crippen LogP contribution in [0, 0.1) is 6.92 Å². The molecule has 3 nitrogen and oxygen atoms in total. The molecule has 3 rings (SSSR count). The lowest BCUT2D eigenvalue weighted by Crippen LogP contribution is -2.04. The molecule has 0 atom stereocenters. The Morgan fingerprint density at radius 2 is 1.64 bits per heavy atom. The van der Waals surface area contributed by atoms with E-state index in [1.165, 1.54) is 12.1 Å². The van der Waals surface area contributed by atoms with E-state index in [-0.39, 0.29) is 11.6 Å². The Morgan fingerprint density at radius 3 is 2.36 bits per heavy atom. The van der Waals surface area contributed by atoms with Crippen LogP contribution in [0.15, 0.2) is 48.5 Å². The van der Waals surface area contributed by atoms with E-state index < -0.39 is 11.7 Å². The van der Waals surface area contributed by atoms with Crippen molar-refractivity contribution >= 4 is 10.8 Å². The van der Waals surface area contributed by atoms with Gasteiger partial charge in [-0.1, -0.05) is 24.3 Å². The number of aromatic nitrogens is 2. The van der Waals surface area contributed by atoms with Crippen LogP contribution >= 0.6 is 0 Å². The van der Waals surface area contributed by atoms with E-state index in [1.54, 1.807) is 6.07 Å². The summed E-state index contributed by atoms with van der Waals surface area (Å²) in [4.78, 5) is 0. The maximum Gasteiger partial charge on any atom is 0.416 e. The average Bonchev–Trinajstić information content (AvgIpc) is 2.50. The van der Waals surface area contributed by atoms with Crippen molar-refractivity contribution in [3.8, 4) is 11.6 Å². The van der Waals surface area contributed by atoms with Crippen LogP contribution in [-0.4, -0.2) is 10.2 Å². The highest BCUT2D eigenvalue weighted by Gasteiger charge is 2.30. The Morgan fingerprint density at radius 1 is 0.909 bits per heavy atom. The van der Waals surface area contributed by atoms with Crippen LogP contribution in [0.4, 0.5) is 13.2 Å². The largest absolute Gasteiger partial charge is 0.437 e. The number of fused-ring (bicyclic) bond motifs is 1. The summed E-state index contributed by atoms with van der Waals surface area (Å²) < 4.78 is 43.7. The molecule has 1 heterocycles. The van der Waals surface area contributed by atoms with Crippen LogP contribution in [0.5, 0.6) is 11.6 Å². The van der Waals surface area contributed by atoms with Crippen molar-refractivity contribution in [2.75, 3.05) is 0 Å². The zero-order valence-electron chi connectivity index (χ0n) is 11.6. The molecule has 0 unspecified atom stereocenters. The van der Waals surface area contributed by atoms with Crippen molar-refractivity contribution in [1.29, 1.82) is 0 Å². The molecule has 6 heteroatoms. The molecule has 0 fully saturated rings. The fraction of sp³-hybridized carbons (Fsp3) is 0.125. The lowest BCUT2D eigenvalue weighted by atomic mass is 10.1. The quantitative estimate of drug-likeness (QED) is 0.685. The molecular formula is C16H11F3N2O. The third-order valence-electron chi connectivity index (χ3n) is 3.21. The van der Waals surface area contributed by atoms with Crippen molar-refractivity contribution in [1.82, 2.24) is 10.2 Å². The molecule has 0 bridgehead atoms. The fourth-order valence-electron chi connectivity index (χ4n) is 2.14. The van der Waals surface area contributed by atoms with E-state index in [1.807, 2.05) is 25.1 Å². The second-order valence-corrected chi connectivity index (χ2v) is 4.76. The molecule has 0 aliphatic rings. The smallest absolute Gasteiger partial charge is 0.416 e. The Balaban J connectivity index is 2.03. The van der Waals surface area contributed by atoms with Gasteiger partial charge >= 0.3 is 6.18 Å². The van der Waals surface area contributed by atoms with Crippen molar-refractivity contribution in [2.45, 2.75) is 13.1 Å². The first-order chi connectivity index (χ1) is 10.4. The van der Waals surface area contributed by atoms with Crippen molar-refractivity contribution in [3.63, 3.8) is 0 Å². The molecule has 0 aliphatic heterocycles. The summed E-state index contributed by atoms with van der Waals surface area (Å²) >= 11 is 0. The zero-order valence-corrected chi connectivity index (χ0v) is 11.6. The first kappa shape index (κ1) is 14.3. The standard InChI is InChI=1S/C16H11F3N2O/c1-10-13-7-2-3-8-14(13)15(21-20-10)22-12-6-4-5-11(9-12)16(17,18)19/h2-9H,1H3. The highest BCUT2D eigenvalue weighted by molar-refractivity contribution is 5.88. The summed E-state index contributed by atoms with van der Waals surface area (Å²) in [5.41, 5.74) is -0.0404. The summed E-state index contributed by atoms with van der Waals surface area (Å²) in [6.07, 6.45) is -4.42. The van der Waals surface area contributed by atoms with Gasteiger partial charge in [0.25, 0.3) is 0 Å². The van der Waals surface area contributed by atoms with Crippen LogP contribution in [0.3, 0.4) is 0 Å². The molecule has 0 aliphatic carbocycles. The van der Waals surface area contributed by atoms with E-state index in [0.29, 0.717) is 5.39 Å². The fourth-order valence-corrected chi connectivity index (χ4v) is 2.14. The number of alkyl halides is 3. The van der Waals surface area contributed by atoms with E-state index >= 15 is 0 Å². The van der Waals surface area contributed by atoms with Gasteiger partial charge in [-0.15, -0.1) is 5.10 Å². The van der Waals surface area contributed by atoms with Crippen molar-refractivity contribution in [2.24, 2.45) is 0 Å². The van der Waals surface area contributed by atoms with Gasteiger partial charge in [0.2, 0.25) is 5.88 Å². The van der Waals surface area contributed by atoms with Crippen LogP contribution in [0.1, 0.15) is 11.3 Å². The second kappa shape index (κ2) is 5.29. The highest BCUT2D eigenvalue weighted by atomic mass is 19.4. The number of halogens is 3. The third-order valence-corrected chi connectivity index (χ3v) is 3.21. The molecule has 0 amide bonds. The molecular weight excluding hydrogens is 293 g/mol. The van der Waals surface area contributed by atoms with Gasteiger partial charge in [-0.2, -0.15) is 18.3 Å². The zero-order chi connectivity index (χ0) is 15.7. The topological polar surface area (TPSA) is 35.0 Å². The van der Waals surface area contributed by atoms with E-state index in [2.05, 4.69) is 10.2 Å². The molecule has 3 aromatic rings. The molecule has 0 saturated carbocycles. The molecule has 0 radical (unpaired) electrons. The van der Waals surface area contributed by atoms with Gasteiger partial charge in [0.05, 0.1) is 11.3 Å². The monoisotopic (exact) mass is 304 g/mol. The summed E-state index contributed by atoms with van der Waals surface area (Å²) in [5, 5.41) is 9.47. The Bertz CT molecular complexity index is 831. The van der Waals surface area contributed by atoms with Crippen LogP contribution in [0.2, 0.25) is 0 Å². The van der Waals surface area contributed by atoms with E-state index in [0.717, 1.165) is 23.2 Å². The first-order valence-electron chi connectivity index (χ1n) is 6.52. The Hall–Kier alpha value is -2.63. The van der Waals surface area contributed by atoms with E-state index in [4.69, 9.17) is 4.74 Å². The summed E-state index contributed by atoms with van der Waals surface area (Å²) in [7, 11) is 0. The van der Waals surface area contributed by atoms with Gasteiger partial charge in [-0.3, -0.25) is 0 Å². The number of ether oxygens (including phenoxy) is 1. The number of aryl methyl sites for hydroxylation is 1. The Kier molecular flexibility index (Phi) is 3.44. The van der Waals surface area contributed by atoms with Gasteiger partial charge in [0, 0.05) is 10.8 Å². The lowest BCUT2D eigenvalue weighted by molar-refractivity contribution is -0.137. The van der Waals surface area contributed by atoms with Gasteiger partial charge in [-0.25, -0.2) is 0 Å². The minimum atomic E-state index is -4.42. The maximum atomic E-state index is 12.7. The van der Waals surface area contributed by atoms with Crippen LogP contribution in [0.25, 0.3) is 10.8 Å². The highest BCUT2D eigenvalue weighted by Crippen LogP contribution is 2.33. The predicted octanol–water partition coefficient (Wildman–Crippen LogP) is 4.75. The summed E-state index contributed by atoms with van der Waals surface area (Å²) in [6.45, 7) is 1.81. The molecule has 112 valence electrons. The predicted molar refractivity (Wildman–Crippen MR) is 75.8 cm³/mol. The SMILES string of the molecule is Cc1nnc(Oc2cccc(C(F)(F)F)c2)c2ccccc12. The maximum absolute atomic E-state index is 12.7. The van der Waals surface area contributed by atoms with Crippen LogP contribution in [-0.2, 0) is 6.18 Å².